The molecule has 2 saturated heterocycles. The van der Waals surface area contributed by atoms with Gasteiger partial charge in [-0.1, -0.05) is 26.7 Å². The molecule has 0 aromatic carbocycles. The van der Waals surface area contributed by atoms with Crippen LogP contribution in [0.1, 0.15) is 144 Å². The Bertz CT molecular complexity index is 923. The number of epoxide rings is 2. The molecule has 5 aliphatic rings. The molecule has 6 atom stereocenters. The van der Waals surface area contributed by atoms with Crippen LogP contribution in [-0.2, 0) is 47.5 Å². The zero-order valence-electron chi connectivity index (χ0n) is 30.6. The lowest BCUT2D eigenvalue weighted by Gasteiger charge is -2.34. The highest BCUT2D eigenvalue weighted by atomic mass is 16.7. The highest BCUT2D eigenvalue weighted by molar-refractivity contribution is 5.73. The van der Waals surface area contributed by atoms with Gasteiger partial charge in [-0.2, -0.15) is 0 Å². The summed E-state index contributed by atoms with van der Waals surface area (Å²) in [5.74, 6) is -0.327. The smallest absolute Gasteiger partial charge is 0.309 e. The van der Waals surface area contributed by atoms with Crippen LogP contribution in [0.3, 0.4) is 0 Å². The van der Waals surface area contributed by atoms with E-state index < -0.39 is 0 Å². The van der Waals surface area contributed by atoms with Crippen molar-refractivity contribution in [3.63, 3.8) is 0 Å². The summed E-state index contributed by atoms with van der Waals surface area (Å²) in [4.78, 5) is 26.1. The lowest BCUT2D eigenvalue weighted by atomic mass is 9.87. The van der Waals surface area contributed by atoms with Gasteiger partial charge in [-0.15, -0.1) is 0 Å². The predicted molar refractivity (Wildman–Crippen MR) is 179 cm³/mol. The zero-order chi connectivity index (χ0) is 34.3. The van der Waals surface area contributed by atoms with Crippen molar-refractivity contribution >= 4 is 11.9 Å². The normalized spacial score (nSPS) is 37.5. The average Bonchev–Trinajstić information content (AvgIpc) is 4.01. The van der Waals surface area contributed by atoms with Crippen LogP contribution in [0.2, 0.25) is 0 Å². The van der Waals surface area contributed by atoms with E-state index in [1.54, 1.807) is 0 Å². The van der Waals surface area contributed by atoms with Crippen molar-refractivity contribution in [2.45, 2.75) is 205 Å². The van der Waals surface area contributed by atoms with Gasteiger partial charge in [0, 0.05) is 0 Å². The fourth-order valence-electron chi connectivity index (χ4n) is 7.34. The van der Waals surface area contributed by atoms with E-state index >= 15 is 0 Å². The van der Waals surface area contributed by atoms with Crippen LogP contribution in [0.15, 0.2) is 0 Å². The Kier molecular flexibility index (Phi) is 13.7. The second-order valence-corrected chi connectivity index (χ2v) is 15.7. The number of ether oxygens (including phenoxy) is 8. The molecular formula is C38H64O10. The largest absolute Gasteiger partial charge is 0.462 e. The Morgan fingerprint density at radius 3 is 1.19 bits per heavy atom. The first-order valence-corrected chi connectivity index (χ1v) is 19.3. The molecule has 276 valence electrons. The molecule has 0 radical (unpaired) electrons. The van der Waals surface area contributed by atoms with Gasteiger partial charge in [-0.25, -0.2) is 0 Å². The van der Waals surface area contributed by atoms with Crippen molar-refractivity contribution in [1.29, 1.82) is 0 Å². The molecule has 0 bridgehead atoms. The van der Waals surface area contributed by atoms with E-state index in [0.717, 1.165) is 116 Å². The van der Waals surface area contributed by atoms with Crippen molar-refractivity contribution < 1.29 is 47.5 Å². The molecule has 5 fully saturated rings. The zero-order valence-corrected chi connectivity index (χ0v) is 30.6. The van der Waals surface area contributed by atoms with Crippen LogP contribution in [0.4, 0.5) is 0 Å². The first-order valence-electron chi connectivity index (χ1n) is 19.3. The van der Waals surface area contributed by atoms with Gasteiger partial charge in [-0.05, 0) is 118 Å². The summed E-state index contributed by atoms with van der Waals surface area (Å²) < 4.78 is 48.2. The molecule has 48 heavy (non-hydrogen) atoms. The molecule has 0 amide bonds. The lowest BCUT2D eigenvalue weighted by Crippen LogP contribution is -2.37. The minimum absolute atomic E-state index is 0.00986. The van der Waals surface area contributed by atoms with Crippen molar-refractivity contribution in [1.82, 2.24) is 0 Å². The molecule has 2 aliphatic heterocycles. The lowest BCUT2D eigenvalue weighted by molar-refractivity contribution is -0.211. The van der Waals surface area contributed by atoms with Crippen LogP contribution < -0.4 is 0 Å². The van der Waals surface area contributed by atoms with Crippen molar-refractivity contribution in [3.05, 3.63) is 0 Å². The minimum Gasteiger partial charge on any atom is -0.462 e. The Labute approximate surface area is 288 Å². The average molecular weight is 681 g/mol. The highest BCUT2D eigenvalue weighted by Crippen LogP contribution is 2.37. The standard InChI is InChI=1S/C38H64O10/c1-7-9-33(43-25(3)37(5)23-41-37)45-29-15-11-27(12-16-29)35(39)47-31-19-21-32(22-20-31)48-36(40)28-13-17-30(18-14-28)46-34(10-8-2)44-26(4)38(6)24-42-38/h25-34H,7-24H2,1-6H3. The third kappa shape index (κ3) is 10.8. The Morgan fingerprint density at radius 1 is 0.583 bits per heavy atom. The number of carbonyl (C=O) groups excluding carboxylic acids is 2. The van der Waals surface area contributed by atoms with Crippen molar-refractivity contribution in [2.75, 3.05) is 13.2 Å². The van der Waals surface area contributed by atoms with E-state index in [1.807, 2.05) is 0 Å². The van der Waals surface area contributed by atoms with E-state index in [-0.39, 0.29) is 84.2 Å². The number of rotatable bonds is 18. The highest BCUT2D eigenvalue weighted by Gasteiger charge is 2.47. The molecule has 0 aromatic heterocycles. The molecule has 6 unspecified atom stereocenters. The summed E-state index contributed by atoms with van der Waals surface area (Å²) in [5, 5.41) is 0. The van der Waals surface area contributed by atoms with Gasteiger partial charge in [0.2, 0.25) is 0 Å². The number of carbonyl (C=O) groups is 2. The van der Waals surface area contributed by atoms with E-state index in [4.69, 9.17) is 37.9 Å². The third-order valence-corrected chi connectivity index (χ3v) is 11.6. The van der Waals surface area contributed by atoms with Crippen LogP contribution in [0.25, 0.3) is 0 Å². The molecule has 10 heteroatoms. The molecule has 0 N–H and O–H groups in total. The third-order valence-electron chi connectivity index (χ3n) is 11.6. The Morgan fingerprint density at radius 2 is 0.896 bits per heavy atom. The maximum atomic E-state index is 13.0. The van der Waals surface area contributed by atoms with Crippen molar-refractivity contribution in [2.24, 2.45) is 11.8 Å². The maximum Gasteiger partial charge on any atom is 0.309 e. The summed E-state index contributed by atoms with van der Waals surface area (Å²) >= 11 is 0. The first kappa shape index (κ1) is 37.9. The predicted octanol–water partition coefficient (Wildman–Crippen LogP) is 7.18. The number of hydrogen-bond acceptors (Lipinski definition) is 10. The Hall–Kier alpha value is -1.30. The van der Waals surface area contributed by atoms with E-state index in [2.05, 4.69) is 41.5 Å². The van der Waals surface area contributed by atoms with Gasteiger partial charge in [-0.3, -0.25) is 9.59 Å². The maximum absolute atomic E-state index is 13.0. The second kappa shape index (κ2) is 17.3. The molecule has 0 spiro atoms. The molecule has 5 rings (SSSR count). The molecular weight excluding hydrogens is 616 g/mol. The van der Waals surface area contributed by atoms with Crippen molar-refractivity contribution in [3.8, 4) is 0 Å². The topological polar surface area (TPSA) is 115 Å². The van der Waals surface area contributed by atoms with E-state index in [1.165, 1.54) is 0 Å². The summed E-state index contributed by atoms with van der Waals surface area (Å²) in [6, 6.07) is 0. The first-order chi connectivity index (χ1) is 23.0. The number of hydrogen-bond donors (Lipinski definition) is 0. The van der Waals surface area contributed by atoms with Crippen LogP contribution >= 0.6 is 0 Å². The molecule has 3 saturated carbocycles. The molecule has 0 aromatic rings. The molecule has 10 nitrogen and oxygen atoms in total. The molecule has 3 aliphatic carbocycles. The van der Waals surface area contributed by atoms with Gasteiger partial charge >= 0.3 is 11.9 Å². The fraction of sp³-hybridized carbons (Fsp3) is 0.947. The monoisotopic (exact) mass is 680 g/mol. The van der Waals surface area contributed by atoms with E-state index in [0.29, 0.717) is 0 Å². The second-order valence-electron chi connectivity index (χ2n) is 15.7. The summed E-state index contributed by atoms with van der Waals surface area (Å²) in [5.41, 5.74) is -0.379. The fourth-order valence-corrected chi connectivity index (χ4v) is 7.34. The van der Waals surface area contributed by atoms with Crippen LogP contribution in [0.5, 0.6) is 0 Å². The SMILES string of the molecule is CCCC(OC1CCC(C(=O)OC2CCC(OC(=O)C3CCC(OC(CCC)OC(C)C4(C)CO4)CC3)CC2)CC1)OC(C)C1(C)CO1. The Balaban J connectivity index is 0.942. The van der Waals surface area contributed by atoms with Gasteiger partial charge < -0.3 is 37.9 Å². The minimum atomic E-state index is -0.239. The van der Waals surface area contributed by atoms with Gasteiger partial charge in [0.05, 0.1) is 49.5 Å². The summed E-state index contributed by atoms with van der Waals surface area (Å²) in [6.07, 6.45) is 12.6. The van der Waals surface area contributed by atoms with Gasteiger partial charge in [0.1, 0.15) is 23.4 Å². The van der Waals surface area contributed by atoms with Crippen LogP contribution in [-0.4, -0.2) is 85.6 Å². The van der Waals surface area contributed by atoms with Crippen LogP contribution in [0, 0.1) is 11.8 Å². The molecule has 2 heterocycles. The van der Waals surface area contributed by atoms with Gasteiger partial charge in [0.15, 0.2) is 12.6 Å². The van der Waals surface area contributed by atoms with E-state index in [9.17, 15) is 9.59 Å². The summed E-state index contributed by atoms with van der Waals surface area (Å²) in [7, 11) is 0. The summed E-state index contributed by atoms with van der Waals surface area (Å²) in [6.45, 7) is 14.0. The van der Waals surface area contributed by atoms with Gasteiger partial charge in [0.25, 0.3) is 0 Å². The quantitative estimate of drug-likeness (QED) is 0.0838. The number of esters is 2.